The van der Waals surface area contributed by atoms with Crippen LogP contribution in [0.1, 0.15) is 33.1 Å². The van der Waals surface area contributed by atoms with Gasteiger partial charge in [-0.15, -0.1) is 0 Å². The van der Waals surface area contributed by atoms with Gasteiger partial charge in [0.1, 0.15) is 11.9 Å². The summed E-state index contributed by atoms with van der Waals surface area (Å²) < 4.78 is 59.2. The molecule has 9 heteroatoms. The molecule has 2 atom stereocenters. The number of benzene rings is 3. The summed E-state index contributed by atoms with van der Waals surface area (Å²) in [5.41, 5.74) is -1.34. The Kier molecular flexibility index (Phi) is 7.33. The maximum atomic E-state index is 13.5. The number of halogens is 4. The van der Waals surface area contributed by atoms with Crippen molar-refractivity contribution in [3.05, 3.63) is 125 Å². The third-order valence-corrected chi connectivity index (χ3v) is 5.62. The summed E-state index contributed by atoms with van der Waals surface area (Å²) in [5, 5.41) is 0. The van der Waals surface area contributed by atoms with Gasteiger partial charge in [0.25, 0.3) is 5.91 Å². The van der Waals surface area contributed by atoms with Gasteiger partial charge in [0.2, 0.25) is 0 Å². The van der Waals surface area contributed by atoms with Crippen LogP contribution in [0.15, 0.2) is 97.2 Å². The lowest BCUT2D eigenvalue weighted by molar-refractivity contribution is -0.138. The molecule has 0 saturated carbocycles. The highest BCUT2D eigenvalue weighted by atomic mass is 19.4. The van der Waals surface area contributed by atoms with Gasteiger partial charge < -0.3 is 9.64 Å². The molecule has 0 bridgehead atoms. The van der Waals surface area contributed by atoms with Crippen LogP contribution in [0.5, 0.6) is 0 Å². The molecule has 37 heavy (non-hydrogen) atoms. The normalized spacial score (nSPS) is 17.7. The molecule has 4 rings (SSSR count). The largest absolute Gasteiger partial charge is 0.448 e. The number of carbonyl (C=O) groups is 3. The smallest absolute Gasteiger partial charge is 0.417 e. The van der Waals surface area contributed by atoms with E-state index in [1.165, 1.54) is 17.2 Å². The summed E-state index contributed by atoms with van der Waals surface area (Å²) in [4.78, 5) is 40.0. The highest BCUT2D eigenvalue weighted by molar-refractivity contribution is 6.01. The Balaban J connectivity index is 1.69. The van der Waals surface area contributed by atoms with Crippen molar-refractivity contribution in [2.75, 3.05) is 0 Å². The van der Waals surface area contributed by atoms with E-state index in [1.807, 2.05) is 6.07 Å². The van der Waals surface area contributed by atoms with Gasteiger partial charge in [-0.05, 0) is 35.4 Å². The number of hydrogen-bond donors (Lipinski definition) is 0. The third-order valence-electron chi connectivity index (χ3n) is 5.62. The molecule has 1 amide bonds. The van der Waals surface area contributed by atoms with Gasteiger partial charge in [-0.2, -0.15) is 13.2 Å². The lowest BCUT2D eigenvalue weighted by Crippen LogP contribution is -2.45. The number of amides is 1. The van der Waals surface area contributed by atoms with Gasteiger partial charge in [-0.25, -0.2) is 9.18 Å². The van der Waals surface area contributed by atoms with Crippen molar-refractivity contribution in [2.45, 2.75) is 18.3 Å². The summed E-state index contributed by atoms with van der Waals surface area (Å²) in [6.07, 6.45) is -1.62. The average molecular weight is 509 g/mol. The van der Waals surface area contributed by atoms with Gasteiger partial charge in [0, 0.05) is 18.4 Å². The van der Waals surface area contributed by atoms with Gasteiger partial charge in [-0.1, -0.05) is 60.7 Å². The Hall–Kier alpha value is -4.53. The monoisotopic (exact) mass is 509 g/mol. The molecule has 0 aliphatic carbocycles. The van der Waals surface area contributed by atoms with E-state index in [4.69, 9.17) is 4.74 Å². The molecule has 3 aromatic rings. The maximum Gasteiger partial charge on any atom is 0.417 e. The second-order valence-electron chi connectivity index (χ2n) is 8.08. The van der Waals surface area contributed by atoms with Crippen LogP contribution in [0.25, 0.3) is 6.08 Å². The van der Waals surface area contributed by atoms with Gasteiger partial charge in [-0.3, -0.25) is 9.59 Å². The molecule has 1 aliphatic heterocycles. The Bertz CT molecular complexity index is 1370. The summed E-state index contributed by atoms with van der Waals surface area (Å²) in [6, 6.07) is 17.5. The number of esters is 1. The quantitative estimate of drug-likeness (QED) is 0.250. The molecule has 188 valence electrons. The Labute approximate surface area is 209 Å². The lowest BCUT2D eigenvalue weighted by Gasteiger charge is -2.36. The maximum absolute atomic E-state index is 13.5. The number of rotatable bonds is 5. The van der Waals surface area contributed by atoms with Crippen molar-refractivity contribution in [3.8, 4) is 0 Å². The SMILES string of the molecule is O=C(O[C@@H]1C(=O)C=CN(C(=O)/C=C/c2ccccc2)[C@H]1c1ccccc1)c1ccc(F)cc1C(F)(F)F. The number of nitrogens with zero attached hydrogens (tertiary/aromatic N) is 1. The topological polar surface area (TPSA) is 63.7 Å². The summed E-state index contributed by atoms with van der Waals surface area (Å²) >= 11 is 0. The Morgan fingerprint density at radius 3 is 2.22 bits per heavy atom. The van der Waals surface area contributed by atoms with Gasteiger partial charge >= 0.3 is 12.1 Å². The first kappa shape index (κ1) is 25.6. The van der Waals surface area contributed by atoms with Crippen molar-refractivity contribution < 1.29 is 36.7 Å². The molecule has 0 unspecified atom stereocenters. The van der Waals surface area contributed by atoms with Crippen LogP contribution in [-0.2, 0) is 20.5 Å². The molecule has 3 aromatic carbocycles. The van der Waals surface area contributed by atoms with E-state index in [9.17, 15) is 31.9 Å². The summed E-state index contributed by atoms with van der Waals surface area (Å²) in [7, 11) is 0. The molecule has 5 nitrogen and oxygen atoms in total. The van der Waals surface area contributed by atoms with E-state index in [1.54, 1.807) is 60.7 Å². The highest BCUT2D eigenvalue weighted by Crippen LogP contribution is 2.35. The molecule has 0 radical (unpaired) electrons. The van der Waals surface area contributed by atoms with E-state index in [0.29, 0.717) is 17.7 Å². The fourth-order valence-electron chi connectivity index (χ4n) is 3.89. The average Bonchev–Trinajstić information content (AvgIpc) is 2.88. The Morgan fingerprint density at radius 1 is 0.919 bits per heavy atom. The molecular weight excluding hydrogens is 490 g/mol. The van der Waals surface area contributed by atoms with E-state index in [2.05, 4.69) is 0 Å². The number of ether oxygens (including phenoxy) is 1. The van der Waals surface area contributed by atoms with Crippen molar-refractivity contribution in [1.29, 1.82) is 0 Å². The van der Waals surface area contributed by atoms with Gasteiger partial charge in [0.05, 0.1) is 11.1 Å². The fourth-order valence-corrected chi connectivity index (χ4v) is 3.89. The predicted octanol–water partition coefficient (Wildman–Crippen LogP) is 5.75. The van der Waals surface area contributed by atoms with Crippen LogP contribution in [0.3, 0.4) is 0 Å². The van der Waals surface area contributed by atoms with Crippen molar-refractivity contribution in [3.63, 3.8) is 0 Å². The minimum atomic E-state index is -5.05. The number of carbonyl (C=O) groups excluding carboxylic acids is 3. The van der Waals surface area contributed by atoms with Crippen LogP contribution in [-0.4, -0.2) is 28.7 Å². The van der Waals surface area contributed by atoms with E-state index >= 15 is 0 Å². The van der Waals surface area contributed by atoms with E-state index in [-0.39, 0.29) is 6.07 Å². The lowest BCUT2D eigenvalue weighted by atomic mass is 9.93. The van der Waals surface area contributed by atoms with Crippen LogP contribution in [0.2, 0.25) is 0 Å². The van der Waals surface area contributed by atoms with E-state index < -0.39 is 52.9 Å². The number of alkyl halides is 3. The number of hydrogen-bond acceptors (Lipinski definition) is 4. The highest BCUT2D eigenvalue weighted by Gasteiger charge is 2.42. The minimum Gasteiger partial charge on any atom is -0.448 e. The molecule has 0 N–H and O–H groups in total. The second kappa shape index (κ2) is 10.6. The molecule has 1 aliphatic rings. The van der Waals surface area contributed by atoms with Gasteiger partial charge in [0.15, 0.2) is 11.9 Å². The first-order valence-corrected chi connectivity index (χ1v) is 11.1. The third kappa shape index (κ3) is 5.83. The molecular formula is C28H19F4NO4. The Morgan fingerprint density at radius 2 is 1.57 bits per heavy atom. The minimum absolute atomic E-state index is 0.179. The van der Waals surface area contributed by atoms with Crippen LogP contribution < -0.4 is 0 Å². The molecule has 0 spiro atoms. The first-order chi connectivity index (χ1) is 17.6. The first-order valence-electron chi connectivity index (χ1n) is 11.1. The van der Waals surface area contributed by atoms with Crippen LogP contribution in [0.4, 0.5) is 17.6 Å². The fraction of sp³-hybridized carbons (Fsp3) is 0.107. The van der Waals surface area contributed by atoms with Crippen molar-refractivity contribution in [1.82, 2.24) is 4.90 Å². The van der Waals surface area contributed by atoms with Crippen molar-refractivity contribution >= 4 is 23.7 Å². The molecule has 1 heterocycles. The second-order valence-corrected chi connectivity index (χ2v) is 8.08. The molecule has 0 fully saturated rings. The standard InChI is InChI=1S/C28H19F4NO4/c29-20-12-13-21(22(17-20)28(30,31)32)27(36)37-26-23(34)15-16-33(25(26)19-9-5-2-6-10-19)24(35)14-11-18-7-3-1-4-8-18/h1-17,25-26H/b14-11+/t25-,26+/m0/s1. The van der Waals surface area contributed by atoms with Crippen LogP contribution >= 0.6 is 0 Å². The van der Waals surface area contributed by atoms with Crippen LogP contribution in [0, 0.1) is 5.82 Å². The number of ketones is 1. The zero-order chi connectivity index (χ0) is 26.6. The summed E-state index contributed by atoms with van der Waals surface area (Å²) in [5.74, 6) is -3.95. The van der Waals surface area contributed by atoms with E-state index in [0.717, 1.165) is 11.6 Å². The van der Waals surface area contributed by atoms with Crippen molar-refractivity contribution in [2.24, 2.45) is 0 Å². The molecule has 0 aromatic heterocycles. The predicted molar refractivity (Wildman–Crippen MR) is 126 cm³/mol. The zero-order valence-electron chi connectivity index (χ0n) is 19.1. The zero-order valence-corrected chi connectivity index (χ0v) is 19.1. The molecule has 0 saturated heterocycles. The summed E-state index contributed by atoms with van der Waals surface area (Å²) in [6.45, 7) is 0.